The van der Waals surface area contributed by atoms with E-state index in [2.05, 4.69) is 10.6 Å². The number of anilines is 1. The first-order valence-corrected chi connectivity index (χ1v) is 6.77. The Labute approximate surface area is 125 Å². The molecule has 0 bridgehead atoms. The van der Waals surface area contributed by atoms with Crippen molar-refractivity contribution >= 4 is 17.5 Å². The average molecular weight is 315 g/mol. The molecular weight excluding hydrogens is 299 g/mol. The summed E-state index contributed by atoms with van der Waals surface area (Å²) in [5.74, 6) is -0.973. The maximum Gasteiger partial charge on any atom is 0.416 e. The minimum atomic E-state index is -4.59. The van der Waals surface area contributed by atoms with Crippen LogP contribution in [0.1, 0.15) is 22.8 Å². The molecule has 0 atom stereocenters. The maximum absolute atomic E-state index is 12.9. The molecule has 8 heteroatoms. The summed E-state index contributed by atoms with van der Waals surface area (Å²) in [5.41, 5.74) is -1.08. The largest absolute Gasteiger partial charge is 0.416 e. The number of piperazine rings is 1. The first-order chi connectivity index (χ1) is 10.3. The van der Waals surface area contributed by atoms with E-state index in [0.29, 0.717) is 26.2 Å². The second-order valence-corrected chi connectivity index (χ2v) is 5.02. The molecule has 0 aromatic heterocycles. The molecule has 22 heavy (non-hydrogen) atoms. The van der Waals surface area contributed by atoms with Crippen LogP contribution >= 0.6 is 0 Å². The van der Waals surface area contributed by atoms with Crippen LogP contribution in [0.25, 0.3) is 0 Å². The summed E-state index contributed by atoms with van der Waals surface area (Å²) in [6, 6.07) is 2.90. The Morgan fingerprint density at radius 1 is 1.18 bits per heavy atom. The lowest BCUT2D eigenvalue weighted by Crippen LogP contribution is -2.46. The van der Waals surface area contributed by atoms with Gasteiger partial charge < -0.3 is 15.5 Å². The lowest BCUT2D eigenvalue weighted by Gasteiger charge is -2.27. The quantitative estimate of drug-likeness (QED) is 0.873. The van der Waals surface area contributed by atoms with Gasteiger partial charge in [0.2, 0.25) is 5.91 Å². The molecule has 1 heterocycles. The van der Waals surface area contributed by atoms with Gasteiger partial charge in [-0.05, 0) is 18.2 Å². The van der Waals surface area contributed by atoms with E-state index in [-0.39, 0.29) is 11.3 Å². The number of carbonyl (C=O) groups excluding carboxylic acids is 2. The van der Waals surface area contributed by atoms with Crippen molar-refractivity contribution < 1.29 is 22.8 Å². The van der Waals surface area contributed by atoms with Crippen molar-refractivity contribution in [3.63, 3.8) is 0 Å². The molecule has 0 unspecified atom stereocenters. The topological polar surface area (TPSA) is 61.4 Å². The van der Waals surface area contributed by atoms with Crippen LogP contribution in [0.15, 0.2) is 18.2 Å². The van der Waals surface area contributed by atoms with Crippen molar-refractivity contribution in [1.82, 2.24) is 10.2 Å². The molecule has 1 aliphatic rings. The molecule has 2 N–H and O–H groups in total. The Bertz CT molecular complexity index is 581. The summed E-state index contributed by atoms with van der Waals surface area (Å²) in [5, 5.41) is 5.36. The SMILES string of the molecule is CC(=O)Nc1cc(C(=O)N2CCNCC2)cc(C(F)(F)F)c1. The van der Waals surface area contributed by atoms with Gasteiger partial charge in [-0.2, -0.15) is 13.2 Å². The van der Waals surface area contributed by atoms with Gasteiger partial charge in [0.1, 0.15) is 0 Å². The minimum absolute atomic E-state index is 0.0409. The molecule has 0 saturated carbocycles. The molecule has 1 aromatic rings. The number of alkyl halides is 3. The van der Waals surface area contributed by atoms with E-state index in [1.54, 1.807) is 0 Å². The Hall–Kier alpha value is -2.09. The summed E-state index contributed by atoms with van der Waals surface area (Å²) >= 11 is 0. The number of nitrogens with zero attached hydrogens (tertiary/aromatic N) is 1. The van der Waals surface area contributed by atoms with E-state index in [4.69, 9.17) is 0 Å². The smallest absolute Gasteiger partial charge is 0.336 e. The van der Waals surface area contributed by atoms with Gasteiger partial charge in [-0.1, -0.05) is 0 Å². The second-order valence-electron chi connectivity index (χ2n) is 5.02. The van der Waals surface area contributed by atoms with Crippen LogP contribution in [-0.2, 0) is 11.0 Å². The predicted molar refractivity (Wildman–Crippen MR) is 74.5 cm³/mol. The van der Waals surface area contributed by atoms with Gasteiger partial charge in [0.25, 0.3) is 5.91 Å². The Balaban J connectivity index is 2.36. The number of nitrogens with one attached hydrogen (secondary N) is 2. The van der Waals surface area contributed by atoms with E-state index >= 15 is 0 Å². The monoisotopic (exact) mass is 315 g/mol. The normalized spacial score (nSPS) is 15.5. The molecule has 1 aromatic carbocycles. The summed E-state index contributed by atoms with van der Waals surface area (Å²) in [6.45, 7) is 3.26. The first-order valence-electron chi connectivity index (χ1n) is 6.77. The van der Waals surface area contributed by atoms with E-state index < -0.39 is 23.6 Å². The van der Waals surface area contributed by atoms with Crippen LogP contribution in [0.2, 0.25) is 0 Å². The Morgan fingerprint density at radius 3 is 2.36 bits per heavy atom. The van der Waals surface area contributed by atoms with Crippen LogP contribution in [0, 0.1) is 0 Å². The first kappa shape index (κ1) is 16.3. The standard InChI is InChI=1S/C14H16F3N3O2/c1-9(21)19-12-7-10(6-11(8-12)14(15,16)17)13(22)20-4-2-18-3-5-20/h6-8,18H,2-5H2,1H3,(H,19,21). The fraction of sp³-hybridized carbons (Fsp3) is 0.429. The fourth-order valence-electron chi connectivity index (χ4n) is 2.24. The number of halogens is 3. The van der Waals surface area contributed by atoms with Gasteiger partial charge in [0.15, 0.2) is 0 Å². The predicted octanol–water partition coefficient (Wildman–Crippen LogP) is 1.71. The summed E-state index contributed by atoms with van der Waals surface area (Å²) in [7, 11) is 0. The van der Waals surface area contributed by atoms with Crippen molar-refractivity contribution in [1.29, 1.82) is 0 Å². The van der Waals surface area contributed by atoms with Crippen LogP contribution in [0.5, 0.6) is 0 Å². The molecule has 1 aliphatic heterocycles. The third-order valence-corrected chi connectivity index (χ3v) is 3.23. The molecule has 1 fully saturated rings. The average Bonchev–Trinajstić information content (AvgIpc) is 2.45. The minimum Gasteiger partial charge on any atom is -0.336 e. The molecule has 0 aliphatic carbocycles. The third-order valence-electron chi connectivity index (χ3n) is 3.23. The highest BCUT2D eigenvalue weighted by molar-refractivity contribution is 5.97. The zero-order valence-electron chi connectivity index (χ0n) is 12.0. The Morgan fingerprint density at radius 2 is 1.82 bits per heavy atom. The van der Waals surface area contributed by atoms with Crippen molar-refractivity contribution in [3.8, 4) is 0 Å². The van der Waals surface area contributed by atoms with Gasteiger partial charge >= 0.3 is 6.18 Å². The molecule has 1 saturated heterocycles. The molecule has 120 valence electrons. The van der Waals surface area contributed by atoms with Crippen LogP contribution < -0.4 is 10.6 Å². The van der Waals surface area contributed by atoms with Gasteiger partial charge in [-0.3, -0.25) is 9.59 Å². The van der Waals surface area contributed by atoms with E-state index in [1.165, 1.54) is 17.9 Å². The molecule has 0 radical (unpaired) electrons. The number of hydrogen-bond donors (Lipinski definition) is 2. The number of rotatable bonds is 2. The van der Waals surface area contributed by atoms with Crippen molar-refractivity contribution in [3.05, 3.63) is 29.3 Å². The molecule has 0 spiro atoms. The molecule has 2 rings (SSSR count). The zero-order valence-corrected chi connectivity index (χ0v) is 12.0. The Kier molecular flexibility index (Phi) is 4.70. The third kappa shape index (κ3) is 3.97. The van der Waals surface area contributed by atoms with E-state index in [0.717, 1.165) is 12.1 Å². The van der Waals surface area contributed by atoms with Crippen LogP contribution in [0.4, 0.5) is 18.9 Å². The van der Waals surface area contributed by atoms with Crippen molar-refractivity contribution in [2.45, 2.75) is 13.1 Å². The van der Waals surface area contributed by atoms with E-state index in [9.17, 15) is 22.8 Å². The number of benzene rings is 1. The summed E-state index contributed by atoms with van der Waals surface area (Å²) in [6.07, 6.45) is -4.59. The highest BCUT2D eigenvalue weighted by atomic mass is 19.4. The van der Waals surface area contributed by atoms with Crippen molar-refractivity contribution in [2.75, 3.05) is 31.5 Å². The van der Waals surface area contributed by atoms with Gasteiger partial charge in [0.05, 0.1) is 5.56 Å². The lowest BCUT2D eigenvalue weighted by molar-refractivity contribution is -0.137. The van der Waals surface area contributed by atoms with Gasteiger partial charge in [0, 0.05) is 44.4 Å². The number of carbonyl (C=O) groups is 2. The molecule has 5 nitrogen and oxygen atoms in total. The maximum atomic E-state index is 12.9. The van der Waals surface area contributed by atoms with Gasteiger partial charge in [-0.15, -0.1) is 0 Å². The highest BCUT2D eigenvalue weighted by Gasteiger charge is 2.32. The fourth-order valence-corrected chi connectivity index (χ4v) is 2.24. The summed E-state index contributed by atoms with van der Waals surface area (Å²) in [4.78, 5) is 24.9. The molecular formula is C14H16F3N3O2. The number of amides is 2. The number of hydrogen-bond acceptors (Lipinski definition) is 3. The van der Waals surface area contributed by atoms with E-state index in [1.807, 2.05) is 0 Å². The van der Waals surface area contributed by atoms with Crippen molar-refractivity contribution in [2.24, 2.45) is 0 Å². The lowest BCUT2D eigenvalue weighted by atomic mass is 10.1. The zero-order chi connectivity index (χ0) is 16.3. The summed E-state index contributed by atoms with van der Waals surface area (Å²) < 4.78 is 38.8. The molecule has 2 amide bonds. The second kappa shape index (κ2) is 6.35. The van der Waals surface area contributed by atoms with Crippen LogP contribution in [-0.4, -0.2) is 42.9 Å². The highest BCUT2D eigenvalue weighted by Crippen LogP contribution is 2.32. The van der Waals surface area contributed by atoms with Gasteiger partial charge in [-0.25, -0.2) is 0 Å². The van der Waals surface area contributed by atoms with Crippen LogP contribution in [0.3, 0.4) is 0 Å².